The second-order valence-electron chi connectivity index (χ2n) is 11.5. The predicted octanol–water partition coefficient (Wildman–Crippen LogP) is 6.29. The highest BCUT2D eigenvalue weighted by molar-refractivity contribution is 7.90. The third-order valence-corrected chi connectivity index (χ3v) is 10.3. The highest BCUT2D eigenvalue weighted by Gasteiger charge is 2.27. The number of nitrogens with one attached hydrogen (secondary N) is 1. The number of methoxy groups -OCH3 is 1. The molecule has 0 bridgehead atoms. The molecule has 12 heteroatoms. The Labute approximate surface area is 252 Å². The van der Waals surface area contributed by atoms with Crippen LogP contribution in [0.15, 0.2) is 84.0 Å². The topological polar surface area (TPSA) is 117 Å². The van der Waals surface area contributed by atoms with Crippen molar-refractivity contribution in [3.05, 3.63) is 90.4 Å². The molecule has 43 heavy (non-hydrogen) atoms. The van der Waals surface area contributed by atoms with Crippen molar-refractivity contribution in [3.8, 4) is 11.3 Å². The molecule has 224 valence electrons. The number of nitrogens with zero attached hydrogens (tertiary/aromatic N) is 4. The SMILES string of the molecule is COC(=O)c1cc(-c2nn(COCC[Si](C)(C)C)c3ncc(Nc4ccccc4)cc23)cn1S(=O)(=O)c1ccc(C)cc1. The van der Waals surface area contributed by atoms with Crippen LogP contribution < -0.4 is 5.32 Å². The van der Waals surface area contributed by atoms with E-state index in [0.717, 1.165) is 27.0 Å². The summed E-state index contributed by atoms with van der Waals surface area (Å²) in [6, 6.07) is 20.5. The van der Waals surface area contributed by atoms with E-state index in [0.29, 0.717) is 28.9 Å². The molecular weight excluding hydrogens is 583 g/mol. The summed E-state index contributed by atoms with van der Waals surface area (Å²) in [5, 5.41) is 8.81. The van der Waals surface area contributed by atoms with E-state index in [4.69, 9.17) is 14.6 Å². The maximum atomic E-state index is 13.7. The van der Waals surface area contributed by atoms with Crippen molar-refractivity contribution in [1.29, 1.82) is 0 Å². The second-order valence-corrected chi connectivity index (χ2v) is 18.9. The van der Waals surface area contributed by atoms with E-state index < -0.39 is 24.1 Å². The molecule has 0 spiro atoms. The van der Waals surface area contributed by atoms with Crippen LogP contribution in [0, 0.1) is 6.92 Å². The van der Waals surface area contributed by atoms with Crippen LogP contribution in [-0.4, -0.2) is 54.9 Å². The number of pyridine rings is 1. The van der Waals surface area contributed by atoms with Crippen LogP contribution in [0.5, 0.6) is 0 Å². The van der Waals surface area contributed by atoms with Gasteiger partial charge in [0.25, 0.3) is 10.0 Å². The highest BCUT2D eigenvalue weighted by atomic mass is 32.2. The first-order valence-electron chi connectivity index (χ1n) is 13.9. The van der Waals surface area contributed by atoms with Gasteiger partial charge in [0.2, 0.25) is 0 Å². The van der Waals surface area contributed by atoms with E-state index in [2.05, 4.69) is 29.9 Å². The molecule has 0 saturated heterocycles. The fourth-order valence-corrected chi connectivity index (χ4v) is 6.60. The smallest absolute Gasteiger partial charge is 0.355 e. The fourth-order valence-electron chi connectivity index (χ4n) is 4.50. The summed E-state index contributed by atoms with van der Waals surface area (Å²) < 4.78 is 41.0. The normalized spacial score (nSPS) is 12.0. The second kappa shape index (κ2) is 12.2. The van der Waals surface area contributed by atoms with Crippen molar-refractivity contribution in [2.75, 3.05) is 19.0 Å². The van der Waals surface area contributed by atoms with E-state index in [1.165, 1.54) is 31.5 Å². The minimum atomic E-state index is -4.12. The predicted molar refractivity (Wildman–Crippen MR) is 170 cm³/mol. The summed E-state index contributed by atoms with van der Waals surface area (Å²) in [6.45, 7) is 9.50. The molecule has 0 amide bonds. The molecule has 0 fully saturated rings. The van der Waals surface area contributed by atoms with Crippen molar-refractivity contribution in [1.82, 2.24) is 18.7 Å². The number of hydrogen-bond donors (Lipinski definition) is 1. The Morgan fingerprint density at radius 2 is 1.72 bits per heavy atom. The van der Waals surface area contributed by atoms with Gasteiger partial charge >= 0.3 is 5.97 Å². The van der Waals surface area contributed by atoms with E-state index in [9.17, 15) is 13.2 Å². The zero-order chi connectivity index (χ0) is 30.8. The number of aryl methyl sites for hydroxylation is 1. The first-order valence-corrected chi connectivity index (χ1v) is 19.0. The largest absolute Gasteiger partial charge is 0.464 e. The number of anilines is 2. The Hall–Kier alpha value is -4.26. The summed E-state index contributed by atoms with van der Waals surface area (Å²) in [5.74, 6) is -0.787. The van der Waals surface area contributed by atoms with Gasteiger partial charge in [0.15, 0.2) is 5.65 Å². The maximum Gasteiger partial charge on any atom is 0.355 e. The number of para-hydroxylation sites is 1. The van der Waals surface area contributed by atoms with Gasteiger partial charge in [-0.15, -0.1) is 0 Å². The average molecular weight is 618 g/mol. The van der Waals surface area contributed by atoms with Gasteiger partial charge in [-0.05, 0) is 49.4 Å². The molecule has 1 N–H and O–H groups in total. The van der Waals surface area contributed by atoms with Crippen molar-refractivity contribution < 1.29 is 22.7 Å². The minimum Gasteiger partial charge on any atom is -0.464 e. The van der Waals surface area contributed by atoms with E-state index in [1.54, 1.807) is 23.0 Å². The number of carbonyl (C=O) groups is 1. The third-order valence-electron chi connectivity index (χ3n) is 6.89. The van der Waals surface area contributed by atoms with Gasteiger partial charge in [0.1, 0.15) is 18.1 Å². The Morgan fingerprint density at radius 3 is 2.40 bits per heavy atom. The number of carbonyl (C=O) groups excluding carboxylic acids is 1. The van der Waals surface area contributed by atoms with Crippen LogP contribution in [0.4, 0.5) is 11.4 Å². The molecule has 0 atom stereocenters. The Kier molecular flexibility index (Phi) is 8.54. The molecule has 5 aromatic rings. The summed E-state index contributed by atoms with van der Waals surface area (Å²) >= 11 is 0. The lowest BCUT2D eigenvalue weighted by atomic mass is 10.1. The number of ether oxygens (including phenoxy) is 2. The quantitative estimate of drug-likeness (QED) is 0.104. The van der Waals surface area contributed by atoms with E-state index in [1.807, 2.05) is 43.3 Å². The van der Waals surface area contributed by atoms with Crippen LogP contribution in [0.2, 0.25) is 25.7 Å². The van der Waals surface area contributed by atoms with E-state index >= 15 is 0 Å². The maximum absolute atomic E-state index is 13.7. The molecule has 0 radical (unpaired) electrons. The molecule has 0 unspecified atom stereocenters. The lowest BCUT2D eigenvalue weighted by molar-refractivity contribution is 0.0592. The van der Waals surface area contributed by atoms with Crippen LogP contribution >= 0.6 is 0 Å². The molecule has 0 saturated carbocycles. The van der Waals surface area contributed by atoms with Crippen molar-refractivity contribution in [2.45, 2.75) is 44.2 Å². The number of benzene rings is 2. The first-order chi connectivity index (χ1) is 20.5. The van der Waals surface area contributed by atoms with Gasteiger partial charge in [-0.3, -0.25) is 0 Å². The van der Waals surface area contributed by atoms with Crippen LogP contribution in [0.3, 0.4) is 0 Å². The molecule has 0 aliphatic rings. The number of fused-ring (bicyclic) bond motifs is 1. The molecule has 5 rings (SSSR count). The molecule has 3 heterocycles. The van der Waals surface area contributed by atoms with Crippen molar-refractivity contribution in [2.24, 2.45) is 0 Å². The number of aromatic nitrogens is 4. The summed E-state index contributed by atoms with van der Waals surface area (Å²) in [6.07, 6.45) is 3.11. The monoisotopic (exact) mass is 617 g/mol. The average Bonchev–Trinajstić information content (AvgIpc) is 3.58. The van der Waals surface area contributed by atoms with Crippen LogP contribution in [0.1, 0.15) is 16.1 Å². The highest BCUT2D eigenvalue weighted by Crippen LogP contribution is 2.33. The molecule has 0 aliphatic heterocycles. The Bertz CT molecular complexity index is 1860. The minimum absolute atomic E-state index is 0.0487. The lowest BCUT2D eigenvalue weighted by Crippen LogP contribution is -2.22. The standard InChI is InChI=1S/C31H35N5O5SSi/c1-22-11-13-26(14-12-22)42(38,39)36-20-23(17-28(36)31(37)40-2)29-27-18-25(33-24-9-7-6-8-10-24)19-32-30(27)35(34-29)21-41-15-16-43(3,4)5/h6-14,17-20,33H,15-16,21H2,1-5H3. The summed E-state index contributed by atoms with van der Waals surface area (Å²) in [7, 11) is -4.20. The van der Waals surface area contributed by atoms with Gasteiger partial charge in [0.05, 0.1) is 23.9 Å². The number of esters is 1. The van der Waals surface area contributed by atoms with Gasteiger partial charge in [-0.2, -0.15) is 5.10 Å². The summed E-state index contributed by atoms with van der Waals surface area (Å²) in [4.78, 5) is 17.6. The summed E-state index contributed by atoms with van der Waals surface area (Å²) in [5.41, 5.74) is 3.82. The zero-order valence-electron chi connectivity index (χ0n) is 24.9. The Balaban J connectivity index is 1.61. The number of hydrogen-bond acceptors (Lipinski definition) is 8. The molecule has 2 aromatic carbocycles. The van der Waals surface area contributed by atoms with Crippen LogP contribution in [-0.2, 0) is 26.2 Å². The van der Waals surface area contributed by atoms with Crippen molar-refractivity contribution in [3.63, 3.8) is 0 Å². The van der Waals surface area contributed by atoms with Gasteiger partial charge in [-0.25, -0.2) is 26.9 Å². The Morgan fingerprint density at radius 1 is 1.00 bits per heavy atom. The molecule has 10 nitrogen and oxygen atoms in total. The fraction of sp³-hybridized carbons (Fsp3) is 0.258. The third kappa shape index (κ3) is 6.71. The molecular formula is C31H35N5O5SSi. The zero-order valence-corrected chi connectivity index (χ0v) is 26.7. The van der Waals surface area contributed by atoms with E-state index in [-0.39, 0.29) is 17.3 Å². The molecule has 0 aliphatic carbocycles. The van der Waals surface area contributed by atoms with Gasteiger partial charge in [0, 0.05) is 37.5 Å². The first kappa shape index (κ1) is 30.2. The van der Waals surface area contributed by atoms with Gasteiger partial charge in [-0.1, -0.05) is 55.5 Å². The van der Waals surface area contributed by atoms with Crippen LogP contribution in [0.25, 0.3) is 22.3 Å². The molecule has 3 aromatic heterocycles. The number of rotatable bonds is 11. The lowest BCUT2D eigenvalue weighted by Gasteiger charge is -2.15. The van der Waals surface area contributed by atoms with Crippen molar-refractivity contribution >= 4 is 46.5 Å². The van der Waals surface area contributed by atoms with Gasteiger partial charge < -0.3 is 14.8 Å².